The highest BCUT2D eigenvalue weighted by atomic mass is 16.4. The van der Waals surface area contributed by atoms with E-state index in [1.165, 1.54) is 0 Å². The first-order chi connectivity index (χ1) is 2.64. The summed E-state index contributed by atoms with van der Waals surface area (Å²) in [6.45, 7) is 3.28. The molecule has 0 bridgehead atoms. The van der Waals surface area contributed by atoms with Gasteiger partial charge >= 0.3 is 5.97 Å². The first-order valence-electron chi connectivity index (χ1n) is 1.87. The van der Waals surface area contributed by atoms with Crippen LogP contribution in [-0.2, 0) is 4.79 Å². The van der Waals surface area contributed by atoms with Crippen LogP contribution in [0.3, 0.4) is 0 Å². The van der Waals surface area contributed by atoms with Crippen molar-refractivity contribution in [3.63, 3.8) is 0 Å². The van der Waals surface area contributed by atoms with Crippen LogP contribution in [0.4, 0.5) is 0 Å². The van der Waals surface area contributed by atoms with Gasteiger partial charge in [-0.2, -0.15) is 0 Å². The molecule has 0 aromatic heterocycles. The highest BCUT2D eigenvalue weighted by Gasteiger charge is 1.99. The Hall–Kier alpha value is -0.530. The van der Waals surface area contributed by atoms with Gasteiger partial charge in [-0.3, -0.25) is 4.79 Å². The maximum absolute atomic E-state index is 9.70. The van der Waals surface area contributed by atoms with E-state index in [9.17, 15) is 4.79 Å². The first kappa shape index (κ1) is 5.47. The number of carbonyl (C=O) groups is 1. The molecule has 2 heteroatoms. The fourth-order valence-electron chi connectivity index (χ4n) is 0. The Balaban J connectivity index is 0. The topological polar surface area (TPSA) is 37.3 Å². The monoisotopic (exact) mass is 91.1 g/mol. The van der Waals surface area contributed by atoms with Crippen LogP contribution in [-0.4, -0.2) is 11.1 Å². The minimum atomic E-state index is -0.741. The minimum absolute atomic E-state index is 0. The summed E-state index contributed by atoms with van der Waals surface area (Å²) in [5, 5.41) is 7.99. The lowest BCUT2D eigenvalue weighted by Gasteiger charge is -1.89. The van der Waals surface area contributed by atoms with Gasteiger partial charge in [0.25, 0.3) is 0 Å². The molecule has 0 aliphatic rings. The molecule has 0 radical (unpaired) electrons. The van der Waals surface area contributed by atoms with Crippen LogP contribution in [0.5, 0.6) is 0 Å². The Morgan fingerprint density at radius 2 is 2.00 bits per heavy atom. The molecule has 0 aliphatic carbocycles. The van der Waals surface area contributed by atoms with E-state index in [2.05, 4.69) is 0 Å². The smallest absolute Gasteiger partial charge is 0.305 e. The number of hydrogen-bond donors (Lipinski definition) is 1. The van der Waals surface area contributed by atoms with Crippen molar-refractivity contribution < 1.29 is 11.3 Å². The van der Waals surface area contributed by atoms with Crippen molar-refractivity contribution in [3.8, 4) is 0 Å². The molecule has 0 spiro atoms. The molecule has 0 unspecified atom stereocenters. The van der Waals surface area contributed by atoms with Gasteiger partial charge in [0.1, 0.15) is 0 Å². The van der Waals surface area contributed by atoms with Gasteiger partial charge in [0.2, 0.25) is 0 Å². The number of carboxylic acids is 1. The standard InChI is InChI=1S/C4H8O2.H2/c1-3(2)4(5)6;/h3H,1-2H3,(H,5,6);1H/i;1+1. The second-order valence-corrected chi connectivity index (χ2v) is 1.49. The second-order valence-electron chi connectivity index (χ2n) is 1.49. The highest BCUT2D eigenvalue weighted by Crippen LogP contribution is 1.87. The Bertz CT molecular complexity index is 60.7. The molecule has 38 valence electrons. The molecule has 0 saturated carbocycles. The molecular weight excluding hydrogens is 80.0 g/mol. The zero-order chi connectivity index (χ0) is 5.15. The molecule has 0 heterocycles. The van der Waals surface area contributed by atoms with Crippen molar-refractivity contribution in [1.29, 1.82) is 0 Å². The number of aliphatic carboxylic acids is 1. The summed E-state index contributed by atoms with van der Waals surface area (Å²) < 4.78 is 0. The SMILES string of the molecule is CC(C)C(=O)O.[2HH]. The third kappa shape index (κ3) is 1.76. The lowest BCUT2D eigenvalue weighted by Crippen LogP contribution is -2.03. The predicted molar refractivity (Wildman–Crippen MR) is 24.6 cm³/mol. The van der Waals surface area contributed by atoms with Gasteiger partial charge < -0.3 is 5.11 Å². The molecule has 6 heavy (non-hydrogen) atoms. The van der Waals surface area contributed by atoms with Crippen molar-refractivity contribution in [3.05, 3.63) is 0 Å². The van der Waals surface area contributed by atoms with Crippen LogP contribution in [0.15, 0.2) is 0 Å². The molecule has 0 rings (SSSR count). The van der Waals surface area contributed by atoms with Crippen LogP contribution in [0.1, 0.15) is 15.3 Å². The largest absolute Gasteiger partial charge is 0.481 e. The van der Waals surface area contributed by atoms with Crippen molar-refractivity contribution in [2.75, 3.05) is 0 Å². The van der Waals surface area contributed by atoms with E-state index in [1.54, 1.807) is 13.8 Å². The Labute approximate surface area is 38.3 Å². The molecule has 0 aromatic carbocycles. The molecule has 0 aromatic rings. The van der Waals surface area contributed by atoms with Gasteiger partial charge in [0.05, 0.1) is 5.92 Å². The summed E-state index contributed by atoms with van der Waals surface area (Å²) in [5.74, 6) is -0.972. The Morgan fingerprint density at radius 3 is 2.00 bits per heavy atom. The van der Waals surface area contributed by atoms with Crippen molar-refractivity contribution in [1.82, 2.24) is 0 Å². The maximum Gasteiger partial charge on any atom is 0.305 e. The summed E-state index contributed by atoms with van der Waals surface area (Å²) >= 11 is 0. The van der Waals surface area contributed by atoms with Gasteiger partial charge in [-0.1, -0.05) is 13.8 Å². The lowest BCUT2D eigenvalue weighted by molar-refractivity contribution is -0.140. The van der Waals surface area contributed by atoms with Crippen LogP contribution in [0.2, 0.25) is 0 Å². The molecule has 0 fully saturated rings. The fraction of sp³-hybridized carbons (Fsp3) is 0.750. The normalized spacial score (nSPS) is 9.17. The average Bonchev–Trinajstić information content (AvgIpc) is 1.36. The lowest BCUT2D eigenvalue weighted by atomic mass is 10.2. The number of carboxylic acid groups (broad SMARTS) is 1. The van der Waals surface area contributed by atoms with Crippen molar-refractivity contribution in [2.45, 2.75) is 13.8 Å². The van der Waals surface area contributed by atoms with E-state index < -0.39 is 5.97 Å². The summed E-state index contributed by atoms with van der Waals surface area (Å²) in [4.78, 5) is 9.70. The quantitative estimate of drug-likeness (QED) is 0.522. The number of rotatable bonds is 1. The highest BCUT2D eigenvalue weighted by molar-refractivity contribution is 5.68. The van der Waals surface area contributed by atoms with Crippen LogP contribution in [0.25, 0.3) is 0 Å². The van der Waals surface area contributed by atoms with Crippen molar-refractivity contribution in [2.24, 2.45) is 5.92 Å². The third-order valence-corrected chi connectivity index (χ3v) is 0.494. The average molecular weight is 91.1 g/mol. The van der Waals surface area contributed by atoms with Crippen LogP contribution in [0, 0.1) is 5.92 Å². The zero-order valence-electron chi connectivity index (χ0n) is 3.93. The summed E-state index contributed by atoms with van der Waals surface area (Å²) in [6.07, 6.45) is 0. The van der Waals surface area contributed by atoms with Gasteiger partial charge in [0, 0.05) is 1.43 Å². The molecule has 1 N–H and O–H groups in total. The third-order valence-electron chi connectivity index (χ3n) is 0.494. The van der Waals surface area contributed by atoms with E-state index in [1.807, 2.05) is 0 Å². The van der Waals surface area contributed by atoms with Gasteiger partial charge in [-0.15, -0.1) is 0 Å². The molecule has 0 aliphatic heterocycles. The van der Waals surface area contributed by atoms with Crippen LogP contribution < -0.4 is 0 Å². The maximum atomic E-state index is 9.70. The van der Waals surface area contributed by atoms with Gasteiger partial charge in [-0.25, -0.2) is 0 Å². The summed E-state index contributed by atoms with van der Waals surface area (Å²) in [7, 11) is 0. The predicted octanol–water partition coefficient (Wildman–Crippen LogP) is 0.973. The summed E-state index contributed by atoms with van der Waals surface area (Å²) in [5.41, 5.74) is 0. The Morgan fingerprint density at radius 1 is 1.83 bits per heavy atom. The molecule has 0 atom stereocenters. The zero-order valence-corrected chi connectivity index (χ0v) is 3.93. The fourth-order valence-corrected chi connectivity index (χ4v) is 0. The number of hydrogen-bond acceptors (Lipinski definition) is 1. The molecule has 2 nitrogen and oxygen atoms in total. The minimum Gasteiger partial charge on any atom is -0.481 e. The van der Waals surface area contributed by atoms with Gasteiger partial charge in [-0.05, 0) is 0 Å². The Kier molecular flexibility index (Phi) is 1.64. The van der Waals surface area contributed by atoms with E-state index in [-0.39, 0.29) is 7.34 Å². The van der Waals surface area contributed by atoms with E-state index in [0.29, 0.717) is 0 Å². The van der Waals surface area contributed by atoms with Crippen molar-refractivity contribution >= 4 is 5.97 Å². The first-order valence-corrected chi connectivity index (χ1v) is 1.87. The summed E-state index contributed by atoms with van der Waals surface area (Å²) in [6, 6.07) is 0. The van der Waals surface area contributed by atoms with Crippen LogP contribution >= 0.6 is 0 Å². The van der Waals surface area contributed by atoms with E-state index >= 15 is 0 Å². The van der Waals surface area contributed by atoms with Gasteiger partial charge in [0.15, 0.2) is 0 Å². The molecule has 0 amide bonds. The molecular formula is C4H10O2. The van der Waals surface area contributed by atoms with E-state index in [0.717, 1.165) is 0 Å². The van der Waals surface area contributed by atoms with E-state index in [4.69, 9.17) is 5.11 Å². The second kappa shape index (κ2) is 1.80. The molecule has 0 saturated heterocycles.